The molecule has 0 radical (unpaired) electrons. The van der Waals surface area contributed by atoms with Crippen LogP contribution in [0.3, 0.4) is 0 Å². The predicted molar refractivity (Wildman–Crippen MR) is 46.4 cm³/mol. The summed E-state index contributed by atoms with van der Waals surface area (Å²) in [5.74, 6) is 0.237. The van der Waals surface area contributed by atoms with Gasteiger partial charge in [0.05, 0.1) is 0 Å². The molecule has 66 valence electrons. The van der Waals surface area contributed by atoms with Crippen molar-refractivity contribution in [2.45, 2.75) is 32.2 Å². The van der Waals surface area contributed by atoms with Crippen molar-refractivity contribution in [1.29, 1.82) is 0 Å². The van der Waals surface area contributed by atoms with Gasteiger partial charge >= 0.3 is 0 Å². The second kappa shape index (κ2) is 6.31. The third kappa shape index (κ3) is 6.01. The summed E-state index contributed by atoms with van der Waals surface area (Å²) in [6.07, 6.45) is 2.60. The van der Waals surface area contributed by atoms with Gasteiger partial charge in [0, 0.05) is 12.5 Å². The average molecular weight is 158 g/mol. The molecule has 0 fully saturated rings. The molecule has 0 aromatic rings. The third-order valence-corrected chi connectivity index (χ3v) is 1.70. The average Bonchev–Trinajstić information content (AvgIpc) is 1.97. The summed E-state index contributed by atoms with van der Waals surface area (Å²) in [5.41, 5.74) is 5.35. The quantitative estimate of drug-likeness (QED) is 0.584. The van der Waals surface area contributed by atoms with Crippen LogP contribution in [-0.4, -0.2) is 25.4 Å². The fraction of sp³-hybridized carbons (Fsp3) is 0.875. The fourth-order valence-electron chi connectivity index (χ4n) is 1.06. The zero-order valence-electron chi connectivity index (χ0n) is 7.39. The first-order chi connectivity index (χ1) is 5.20. The van der Waals surface area contributed by atoms with Gasteiger partial charge < -0.3 is 11.1 Å². The molecular weight excluding hydrogens is 140 g/mol. The highest BCUT2D eigenvalue weighted by atomic mass is 16.1. The van der Waals surface area contributed by atoms with E-state index in [0.29, 0.717) is 19.0 Å². The Hall–Kier alpha value is -0.410. The molecule has 1 atom stereocenters. The van der Waals surface area contributed by atoms with Gasteiger partial charge in [-0.2, -0.15) is 0 Å². The number of hydrogen-bond acceptors (Lipinski definition) is 3. The minimum Gasteiger partial charge on any atom is -0.330 e. The van der Waals surface area contributed by atoms with E-state index in [1.54, 1.807) is 6.92 Å². The number of ketones is 1. The molecule has 0 aromatic carbocycles. The van der Waals surface area contributed by atoms with Crippen molar-refractivity contribution < 1.29 is 4.79 Å². The lowest BCUT2D eigenvalue weighted by atomic mass is 10.1. The maximum atomic E-state index is 10.7. The van der Waals surface area contributed by atoms with E-state index < -0.39 is 0 Å². The van der Waals surface area contributed by atoms with Crippen molar-refractivity contribution >= 4 is 5.78 Å². The molecule has 3 N–H and O–H groups in total. The topological polar surface area (TPSA) is 55.1 Å². The van der Waals surface area contributed by atoms with Gasteiger partial charge in [-0.15, -0.1) is 0 Å². The molecule has 0 spiro atoms. The largest absolute Gasteiger partial charge is 0.330 e. The van der Waals surface area contributed by atoms with Crippen LogP contribution >= 0.6 is 0 Å². The Labute approximate surface area is 68.3 Å². The fourth-order valence-corrected chi connectivity index (χ4v) is 1.06. The predicted octanol–water partition coefficient (Wildman–Crippen LogP) is 0.292. The van der Waals surface area contributed by atoms with Crippen molar-refractivity contribution in [2.75, 3.05) is 13.6 Å². The first-order valence-corrected chi connectivity index (χ1v) is 4.07. The second-order valence-corrected chi connectivity index (χ2v) is 2.82. The molecule has 0 rings (SSSR count). The molecule has 0 saturated heterocycles. The number of Topliss-reactive ketones (excluding diaryl/α,β-unsaturated/α-hetero) is 1. The summed E-state index contributed by atoms with van der Waals surface area (Å²) in [7, 11) is 1.88. The molecule has 0 aliphatic heterocycles. The lowest BCUT2D eigenvalue weighted by molar-refractivity contribution is -0.117. The first kappa shape index (κ1) is 10.6. The Balaban J connectivity index is 3.49. The second-order valence-electron chi connectivity index (χ2n) is 2.82. The van der Waals surface area contributed by atoms with Crippen LogP contribution in [0.2, 0.25) is 0 Å². The number of carbonyl (C=O) groups is 1. The van der Waals surface area contributed by atoms with Crippen LogP contribution in [0.25, 0.3) is 0 Å². The van der Waals surface area contributed by atoms with E-state index in [4.69, 9.17) is 5.73 Å². The van der Waals surface area contributed by atoms with Crippen LogP contribution in [-0.2, 0) is 4.79 Å². The number of hydrogen-bond donors (Lipinski definition) is 2. The van der Waals surface area contributed by atoms with E-state index in [1.165, 1.54) is 0 Å². The molecule has 3 heteroatoms. The summed E-state index contributed by atoms with van der Waals surface area (Å²) >= 11 is 0. The summed E-state index contributed by atoms with van der Waals surface area (Å²) in [6, 6.07) is 0.316. The molecular formula is C8H18N2O. The van der Waals surface area contributed by atoms with E-state index in [-0.39, 0.29) is 5.78 Å². The molecule has 0 aliphatic carbocycles. The standard InChI is InChI=1S/C8H18N2O/c1-7(11)6-8(10-2)4-3-5-9/h8,10H,3-6,9H2,1-2H3. The van der Waals surface area contributed by atoms with Gasteiger partial charge in [-0.1, -0.05) is 0 Å². The van der Waals surface area contributed by atoms with Crippen molar-refractivity contribution in [3.63, 3.8) is 0 Å². The van der Waals surface area contributed by atoms with Gasteiger partial charge in [-0.05, 0) is 33.4 Å². The maximum Gasteiger partial charge on any atom is 0.131 e. The molecule has 11 heavy (non-hydrogen) atoms. The van der Waals surface area contributed by atoms with Crippen molar-refractivity contribution in [3.8, 4) is 0 Å². The highest BCUT2D eigenvalue weighted by molar-refractivity contribution is 5.76. The van der Waals surface area contributed by atoms with E-state index >= 15 is 0 Å². The van der Waals surface area contributed by atoms with Crippen molar-refractivity contribution in [3.05, 3.63) is 0 Å². The Morgan fingerprint density at radius 2 is 2.27 bits per heavy atom. The van der Waals surface area contributed by atoms with Gasteiger partial charge in [0.2, 0.25) is 0 Å². The van der Waals surface area contributed by atoms with E-state index in [2.05, 4.69) is 5.32 Å². The Kier molecular flexibility index (Phi) is 6.07. The van der Waals surface area contributed by atoms with Crippen molar-refractivity contribution in [2.24, 2.45) is 5.73 Å². The molecule has 0 amide bonds. The normalized spacial score (nSPS) is 13.0. The van der Waals surface area contributed by atoms with Gasteiger partial charge in [-0.3, -0.25) is 4.79 Å². The molecule has 0 aliphatic rings. The smallest absolute Gasteiger partial charge is 0.131 e. The van der Waals surface area contributed by atoms with Crippen LogP contribution in [0.15, 0.2) is 0 Å². The molecule has 3 nitrogen and oxygen atoms in total. The van der Waals surface area contributed by atoms with Gasteiger partial charge in [-0.25, -0.2) is 0 Å². The zero-order valence-corrected chi connectivity index (χ0v) is 7.39. The lowest BCUT2D eigenvalue weighted by Gasteiger charge is -2.12. The molecule has 1 unspecified atom stereocenters. The van der Waals surface area contributed by atoms with Gasteiger partial charge in [0.1, 0.15) is 5.78 Å². The number of nitrogens with two attached hydrogens (primary N) is 1. The Bertz CT molecular complexity index is 115. The highest BCUT2D eigenvalue weighted by Crippen LogP contribution is 2.00. The summed E-state index contributed by atoms with van der Waals surface area (Å²) < 4.78 is 0. The van der Waals surface area contributed by atoms with Crippen LogP contribution in [0, 0.1) is 0 Å². The molecule has 0 heterocycles. The number of rotatable bonds is 6. The summed E-state index contributed by atoms with van der Waals surface area (Å²) in [6.45, 7) is 2.32. The van der Waals surface area contributed by atoms with Gasteiger partial charge in [0.25, 0.3) is 0 Å². The number of carbonyl (C=O) groups excluding carboxylic acids is 1. The van der Waals surface area contributed by atoms with Crippen LogP contribution in [0.5, 0.6) is 0 Å². The SMILES string of the molecule is CNC(CCCN)CC(C)=O. The minimum atomic E-state index is 0.237. The van der Waals surface area contributed by atoms with Crippen LogP contribution in [0.4, 0.5) is 0 Å². The Morgan fingerprint density at radius 3 is 2.64 bits per heavy atom. The van der Waals surface area contributed by atoms with Crippen LogP contribution in [0.1, 0.15) is 26.2 Å². The van der Waals surface area contributed by atoms with E-state index in [9.17, 15) is 4.79 Å². The summed E-state index contributed by atoms with van der Waals surface area (Å²) in [5, 5.41) is 3.09. The zero-order chi connectivity index (χ0) is 8.69. The third-order valence-electron chi connectivity index (χ3n) is 1.70. The van der Waals surface area contributed by atoms with Crippen molar-refractivity contribution in [1.82, 2.24) is 5.32 Å². The highest BCUT2D eigenvalue weighted by Gasteiger charge is 2.06. The summed E-state index contributed by atoms with van der Waals surface area (Å²) in [4.78, 5) is 10.7. The monoisotopic (exact) mass is 158 g/mol. The maximum absolute atomic E-state index is 10.7. The number of nitrogens with one attached hydrogen (secondary N) is 1. The molecule has 0 aromatic heterocycles. The van der Waals surface area contributed by atoms with E-state index in [0.717, 1.165) is 12.8 Å². The van der Waals surface area contributed by atoms with Crippen LogP contribution < -0.4 is 11.1 Å². The molecule has 0 saturated carbocycles. The lowest BCUT2D eigenvalue weighted by Crippen LogP contribution is -2.27. The van der Waals surface area contributed by atoms with E-state index in [1.807, 2.05) is 7.05 Å². The first-order valence-electron chi connectivity index (χ1n) is 4.07. The minimum absolute atomic E-state index is 0.237. The molecule has 0 bridgehead atoms. The van der Waals surface area contributed by atoms with Gasteiger partial charge in [0.15, 0.2) is 0 Å². The Morgan fingerprint density at radius 1 is 1.64 bits per heavy atom.